The van der Waals surface area contributed by atoms with Gasteiger partial charge in [0.25, 0.3) is 0 Å². The van der Waals surface area contributed by atoms with E-state index < -0.39 is 27.2 Å². The Bertz CT molecular complexity index is 421. The second-order valence-electron chi connectivity index (χ2n) is 5.00. The highest BCUT2D eigenvalue weighted by atomic mass is 32.2. The number of nitrogens with zero attached hydrogens (tertiary/aromatic N) is 1. The molecule has 0 bridgehead atoms. The fourth-order valence-corrected chi connectivity index (χ4v) is 5.04. The number of hydrogen-bond donors (Lipinski definition) is 1. The van der Waals surface area contributed by atoms with Crippen LogP contribution in [0.2, 0.25) is 0 Å². The van der Waals surface area contributed by atoms with Crippen molar-refractivity contribution in [3.8, 4) is 0 Å². The second kappa shape index (κ2) is 5.14. The van der Waals surface area contributed by atoms with Gasteiger partial charge in [0.15, 0.2) is 0 Å². The number of carboxylic acid groups (broad SMARTS) is 1. The summed E-state index contributed by atoms with van der Waals surface area (Å²) < 4.78 is 31.6. The number of carboxylic acids is 1. The van der Waals surface area contributed by atoms with Crippen LogP contribution in [0.15, 0.2) is 0 Å². The molecule has 0 spiro atoms. The van der Waals surface area contributed by atoms with Crippen LogP contribution in [0.3, 0.4) is 0 Å². The predicted molar refractivity (Wildman–Crippen MR) is 64.7 cm³/mol. The van der Waals surface area contributed by atoms with E-state index in [4.69, 9.17) is 9.84 Å². The van der Waals surface area contributed by atoms with Crippen LogP contribution in [0.1, 0.15) is 26.2 Å². The second-order valence-corrected chi connectivity index (χ2v) is 7.15. The smallest absolute Gasteiger partial charge is 0.307 e. The molecule has 2 rings (SSSR count). The van der Waals surface area contributed by atoms with Crippen molar-refractivity contribution >= 4 is 16.0 Å². The molecule has 1 saturated heterocycles. The van der Waals surface area contributed by atoms with Gasteiger partial charge in [-0.15, -0.1) is 0 Å². The van der Waals surface area contributed by atoms with Crippen LogP contribution < -0.4 is 0 Å². The Labute approximate surface area is 107 Å². The van der Waals surface area contributed by atoms with E-state index >= 15 is 0 Å². The minimum Gasteiger partial charge on any atom is -0.481 e. The summed E-state index contributed by atoms with van der Waals surface area (Å²) in [6, 6.07) is 0. The van der Waals surface area contributed by atoms with Crippen LogP contribution in [0, 0.1) is 5.92 Å². The summed E-state index contributed by atoms with van der Waals surface area (Å²) >= 11 is 0. The van der Waals surface area contributed by atoms with Gasteiger partial charge in [-0.3, -0.25) is 4.79 Å². The van der Waals surface area contributed by atoms with Gasteiger partial charge in [0, 0.05) is 13.1 Å². The van der Waals surface area contributed by atoms with Crippen LogP contribution in [-0.2, 0) is 19.6 Å². The molecule has 1 heterocycles. The molecule has 1 N–H and O–H groups in total. The van der Waals surface area contributed by atoms with Crippen molar-refractivity contribution in [3.05, 3.63) is 0 Å². The molecule has 18 heavy (non-hydrogen) atoms. The summed E-state index contributed by atoms with van der Waals surface area (Å²) in [6.45, 7) is 2.86. The molecule has 6 nitrogen and oxygen atoms in total. The number of sulfonamides is 1. The molecule has 0 aromatic rings. The van der Waals surface area contributed by atoms with Crippen molar-refractivity contribution < 1.29 is 23.1 Å². The molecule has 0 amide bonds. The third-order valence-corrected chi connectivity index (χ3v) is 6.10. The van der Waals surface area contributed by atoms with Crippen LogP contribution >= 0.6 is 0 Å². The zero-order chi connectivity index (χ0) is 13.3. The molecule has 0 radical (unpaired) electrons. The number of hydrogen-bond acceptors (Lipinski definition) is 4. The van der Waals surface area contributed by atoms with Gasteiger partial charge in [0.2, 0.25) is 10.0 Å². The number of carbonyl (C=O) groups is 1. The minimum atomic E-state index is -3.52. The molecule has 104 valence electrons. The monoisotopic (exact) mass is 277 g/mol. The van der Waals surface area contributed by atoms with E-state index in [1.807, 2.05) is 6.92 Å². The Morgan fingerprint density at radius 1 is 1.39 bits per heavy atom. The fourth-order valence-electron chi connectivity index (χ4n) is 2.77. The molecule has 3 atom stereocenters. The van der Waals surface area contributed by atoms with Gasteiger partial charge < -0.3 is 9.84 Å². The van der Waals surface area contributed by atoms with E-state index in [0.717, 1.165) is 0 Å². The Kier molecular flexibility index (Phi) is 3.93. The van der Waals surface area contributed by atoms with Gasteiger partial charge in [0.1, 0.15) is 0 Å². The van der Waals surface area contributed by atoms with Crippen molar-refractivity contribution in [2.24, 2.45) is 5.92 Å². The standard InChI is InChI=1S/C11H19NO5S/c1-8-7-12(5-6-17-8)18(15,16)10-4-2-3-9(10)11(13)14/h8-10H,2-7H2,1H3,(H,13,14). The Morgan fingerprint density at radius 3 is 2.72 bits per heavy atom. The molecule has 1 aliphatic heterocycles. The molecular formula is C11H19NO5S. The van der Waals surface area contributed by atoms with Gasteiger partial charge in [-0.05, 0) is 19.8 Å². The quantitative estimate of drug-likeness (QED) is 0.801. The largest absolute Gasteiger partial charge is 0.481 e. The van der Waals surface area contributed by atoms with E-state index in [-0.39, 0.29) is 6.10 Å². The molecule has 0 aromatic heterocycles. The lowest BCUT2D eigenvalue weighted by molar-refractivity contribution is -0.141. The third-order valence-electron chi connectivity index (χ3n) is 3.72. The highest BCUT2D eigenvalue weighted by molar-refractivity contribution is 7.89. The zero-order valence-electron chi connectivity index (χ0n) is 10.4. The number of rotatable bonds is 3. The van der Waals surface area contributed by atoms with E-state index in [1.54, 1.807) is 0 Å². The van der Waals surface area contributed by atoms with E-state index in [1.165, 1.54) is 4.31 Å². The van der Waals surface area contributed by atoms with Crippen LogP contribution in [0.5, 0.6) is 0 Å². The molecule has 2 fully saturated rings. The molecule has 2 aliphatic rings. The molecular weight excluding hydrogens is 258 g/mol. The highest BCUT2D eigenvalue weighted by Crippen LogP contribution is 2.33. The summed E-state index contributed by atoms with van der Waals surface area (Å²) in [6.07, 6.45) is 1.45. The number of morpholine rings is 1. The zero-order valence-corrected chi connectivity index (χ0v) is 11.2. The Hall–Kier alpha value is -0.660. The molecule has 3 unspecified atom stereocenters. The first-order chi connectivity index (χ1) is 8.43. The van der Waals surface area contributed by atoms with Gasteiger partial charge in [-0.1, -0.05) is 6.42 Å². The first-order valence-electron chi connectivity index (χ1n) is 6.26. The highest BCUT2D eigenvalue weighted by Gasteiger charge is 2.45. The lowest BCUT2D eigenvalue weighted by Crippen LogP contribution is -2.49. The topological polar surface area (TPSA) is 83.9 Å². The summed E-state index contributed by atoms with van der Waals surface area (Å²) in [4.78, 5) is 11.1. The van der Waals surface area contributed by atoms with Gasteiger partial charge >= 0.3 is 5.97 Å². The average molecular weight is 277 g/mol. The SMILES string of the molecule is CC1CN(S(=O)(=O)C2CCCC2C(=O)O)CCO1. The van der Waals surface area contributed by atoms with Crippen molar-refractivity contribution in [2.75, 3.05) is 19.7 Å². The minimum absolute atomic E-state index is 0.127. The summed E-state index contributed by atoms with van der Waals surface area (Å²) in [5, 5.41) is 8.33. The predicted octanol–water partition coefficient (Wildman–Crippen LogP) is 0.290. The molecule has 1 aliphatic carbocycles. The maximum Gasteiger partial charge on any atom is 0.307 e. The molecule has 1 saturated carbocycles. The first-order valence-corrected chi connectivity index (χ1v) is 7.76. The Morgan fingerprint density at radius 2 is 2.11 bits per heavy atom. The van der Waals surface area contributed by atoms with Crippen molar-refractivity contribution in [2.45, 2.75) is 37.5 Å². The van der Waals surface area contributed by atoms with Gasteiger partial charge in [0.05, 0.1) is 23.9 Å². The maximum absolute atomic E-state index is 12.5. The first kappa shape index (κ1) is 13.8. The summed E-state index contributed by atoms with van der Waals surface area (Å²) in [5.74, 6) is -1.75. The van der Waals surface area contributed by atoms with Gasteiger partial charge in [-0.25, -0.2) is 8.42 Å². The van der Waals surface area contributed by atoms with Crippen LogP contribution in [0.4, 0.5) is 0 Å². The molecule has 7 heteroatoms. The lowest BCUT2D eigenvalue weighted by Gasteiger charge is -2.33. The van der Waals surface area contributed by atoms with Crippen LogP contribution in [-0.4, -0.2) is 54.8 Å². The maximum atomic E-state index is 12.5. The third kappa shape index (κ3) is 2.53. The van der Waals surface area contributed by atoms with E-state index in [2.05, 4.69) is 0 Å². The van der Waals surface area contributed by atoms with E-state index in [9.17, 15) is 13.2 Å². The van der Waals surface area contributed by atoms with Crippen molar-refractivity contribution in [1.82, 2.24) is 4.31 Å². The Balaban J connectivity index is 2.17. The average Bonchev–Trinajstić information content (AvgIpc) is 2.78. The van der Waals surface area contributed by atoms with Crippen molar-refractivity contribution in [3.63, 3.8) is 0 Å². The number of ether oxygens (including phenoxy) is 1. The summed E-state index contributed by atoms with van der Waals surface area (Å²) in [5.41, 5.74) is 0. The normalized spacial score (nSPS) is 34.6. The molecule has 0 aromatic carbocycles. The van der Waals surface area contributed by atoms with Crippen molar-refractivity contribution in [1.29, 1.82) is 0 Å². The number of aliphatic carboxylic acids is 1. The lowest BCUT2D eigenvalue weighted by atomic mass is 10.1. The van der Waals surface area contributed by atoms with Gasteiger partial charge in [-0.2, -0.15) is 4.31 Å². The summed E-state index contributed by atoms with van der Waals surface area (Å²) in [7, 11) is -3.52. The fraction of sp³-hybridized carbons (Fsp3) is 0.909. The van der Waals surface area contributed by atoms with E-state index in [0.29, 0.717) is 39.0 Å². The van der Waals surface area contributed by atoms with Crippen LogP contribution in [0.25, 0.3) is 0 Å².